The molecule has 4 heteroatoms. The van der Waals surface area contributed by atoms with Crippen LogP contribution < -0.4 is 16.8 Å². The Morgan fingerprint density at radius 3 is 2.69 bits per heavy atom. The fourth-order valence-electron chi connectivity index (χ4n) is 0.955. The molecule has 0 aromatic heterocycles. The zero-order valence-corrected chi connectivity index (χ0v) is 7.29. The summed E-state index contributed by atoms with van der Waals surface area (Å²) in [6.45, 7) is 0.346. The Labute approximate surface area is 76.9 Å². The van der Waals surface area contributed by atoms with Gasteiger partial charge in [0.2, 0.25) is 5.91 Å². The average molecular weight is 179 g/mol. The van der Waals surface area contributed by atoms with Crippen molar-refractivity contribution in [2.24, 2.45) is 5.73 Å². The standard InChI is InChI=1S/C9H13N3O/c10-6-5-9(13)12-8-4-2-1-3-7(8)11/h1-4H,5-6,10-11H2,(H,12,13). The molecule has 1 amide bonds. The summed E-state index contributed by atoms with van der Waals surface area (Å²) in [5.74, 6) is -0.111. The summed E-state index contributed by atoms with van der Waals surface area (Å²) in [4.78, 5) is 11.1. The van der Waals surface area contributed by atoms with Crippen molar-refractivity contribution < 1.29 is 4.79 Å². The van der Waals surface area contributed by atoms with Gasteiger partial charge in [0.25, 0.3) is 0 Å². The van der Waals surface area contributed by atoms with Gasteiger partial charge >= 0.3 is 0 Å². The minimum Gasteiger partial charge on any atom is -0.397 e. The van der Waals surface area contributed by atoms with Gasteiger partial charge in [-0.15, -0.1) is 0 Å². The largest absolute Gasteiger partial charge is 0.397 e. The average Bonchev–Trinajstić information content (AvgIpc) is 2.09. The SMILES string of the molecule is NCCC(=O)Nc1ccccc1N. The first-order valence-electron chi connectivity index (χ1n) is 4.08. The van der Waals surface area contributed by atoms with Gasteiger partial charge < -0.3 is 16.8 Å². The maximum absolute atomic E-state index is 11.1. The van der Waals surface area contributed by atoms with E-state index in [1.54, 1.807) is 12.1 Å². The first kappa shape index (κ1) is 9.54. The molecule has 13 heavy (non-hydrogen) atoms. The van der Waals surface area contributed by atoms with Crippen LogP contribution in [0.15, 0.2) is 24.3 Å². The zero-order chi connectivity index (χ0) is 9.68. The lowest BCUT2D eigenvalue weighted by molar-refractivity contribution is -0.116. The van der Waals surface area contributed by atoms with E-state index >= 15 is 0 Å². The van der Waals surface area contributed by atoms with Gasteiger partial charge in [-0.3, -0.25) is 4.79 Å². The second-order valence-corrected chi connectivity index (χ2v) is 2.67. The highest BCUT2D eigenvalue weighted by atomic mass is 16.1. The summed E-state index contributed by atoms with van der Waals surface area (Å²) >= 11 is 0. The van der Waals surface area contributed by atoms with Crippen LogP contribution in [-0.4, -0.2) is 12.5 Å². The fourth-order valence-corrected chi connectivity index (χ4v) is 0.955. The molecule has 0 radical (unpaired) electrons. The predicted molar refractivity (Wildman–Crippen MR) is 53.2 cm³/mol. The lowest BCUT2D eigenvalue weighted by Crippen LogP contribution is -2.16. The Kier molecular flexibility index (Phi) is 3.28. The molecule has 0 fully saturated rings. The molecule has 1 aromatic carbocycles. The quantitative estimate of drug-likeness (QED) is 0.593. The van der Waals surface area contributed by atoms with E-state index in [-0.39, 0.29) is 5.91 Å². The van der Waals surface area contributed by atoms with Crippen molar-refractivity contribution in [1.82, 2.24) is 0 Å². The number of anilines is 2. The van der Waals surface area contributed by atoms with E-state index in [9.17, 15) is 4.79 Å². The molecular weight excluding hydrogens is 166 g/mol. The number of amides is 1. The van der Waals surface area contributed by atoms with Crippen LogP contribution in [0, 0.1) is 0 Å². The Morgan fingerprint density at radius 2 is 2.08 bits per heavy atom. The molecule has 0 unspecified atom stereocenters. The van der Waals surface area contributed by atoms with Crippen LogP contribution in [0.25, 0.3) is 0 Å². The first-order valence-corrected chi connectivity index (χ1v) is 4.08. The minimum atomic E-state index is -0.111. The van der Waals surface area contributed by atoms with E-state index in [2.05, 4.69) is 5.32 Å². The van der Waals surface area contributed by atoms with E-state index in [1.807, 2.05) is 12.1 Å². The maximum Gasteiger partial charge on any atom is 0.225 e. The van der Waals surface area contributed by atoms with E-state index < -0.39 is 0 Å². The number of hydrogen-bond acceptors (Lipinski definition) is 3. The molecule has 0 bridgehead atoms. The lowest BCUT2D eigenvalue weighted by atomic mass is 10.2. The lowest BCUT2D eigenvalue weighted by Gasteiger charge is -2.06. The summed E-state index contributed by atoms with van der Waals surface area (Å²) in [6.07, 6.45) is 0.314. The number of nitrogens with one attached hydrogen (secondary N) is 1. The van der Waals surface area contributed by atoms with Gasteiger partial charge in [-0.2, -0.15) is 0 Å². The molecule has 0 aliphatic heterocycles. The molecule has 4 nitrogen and oxygen atoms in total. The third-order valence-electron chi connectivity index (χ3n) is 1.61. The highest BCUT2D eigenvalue weighted by Crippen LogP contribution is 2.16. The van der Waals surface area contributed by atoms with Crippen LogP contribution in [0.4, 0.5) is 11.4 Å². The van der Waals surface area contributed by atoms with E-state index in [1.165, 1.54) is 0 Å². The van der Waals surface area contributed by atoms with E-state index in [0.29, 0.717) is 24.3 Å². The summed E-state index contributed by atoms with van der Waals surface area (Å²) in [7, 11) is 0. The summed E-state index contributed by atoms with van der Waals surface area (Å²) < 4.78 is 0. The predicted octanol–water partition coefficient (Wildman–Crippen LogP) is 0.556. The van der Waals surface area contributed by atoms with Gasteiger partial charge in [-0.05, 0) is 12.1 Å². The van der Waals surface area contributed by atoms with Crippen LogP contribution in [0.3, 0.4) is 0 Å². The second kappa shape index (κ2) is 4.47. The highest BCUT2D eigenvalue weighted by Gasteiger charge is 2.02. The van der Waals surface area contributed by atoms with Crippen LogP contribution in [-0.2, 0) is 4.79 Å². The number of benzene rings is 1. The molecule has 0 saturated carbocycles. The molecular formula is C9H13N3O. The van der Waals surface area contributed by atoms with Gasteiger partial charge in [-0.25, -0.2) is 0 Å². The van der Waals surface area contributed by atoms with Gasteiger partial charge in [0.1, 0.15) is 0 Å². The molecule has 0 aliphatic carbocycles. The van der Waals surface area contributed by atoms with Crippen LogP contribution in [0.2, 0.25) is 0 Å². The van der Waals surface area contributed by atoms with Crippen molar-refractivity contribution in [3.05, 3.63) is 24.3 Å². The molecule has 0 atom stereocenters. The first-order chi connectivity index (χ1) is 6.24. The van der Waals surface area contributed by atoms with Gasteiger partial charge in [0.15, 0.2) is 0 Å². The number of hydrogen-bond donors (Lipinski definition) is 3. The van der Waals surface area contributed by atoms with Crippen molar-refractivity contribution in [1.29, 1.82) is 0 Å². The summed E-state index contributed by atoms with van der Waals surface area (Å²) in [6, 6.07) is 7.12. The minimum absolute atomic E-state index is 0.111. The van der Waals surface area contributed by atoms with Crippen molar-refractivity contribution in [3.8, 4) is 0 Å². The molecule has 0 spiro atoms. The van der Waals surface area contributed by atoms with Crippen molar-refractivity contribution in [2.45, 2.75) is 6.42 Å². The topological polar surface area (TPSA) is 81.1 Å². The number of carbonyl (C=O) groups excluding carboxylic acids is 1. The maximum atomic E-state index is 11.1. The van der Waals surface area contributed by atoms with Crippen molar-refractivity contribution >= 4 is 17.3 Å². The summed E-state index contributed by atoms with van der Waals surface area (Å²) in [5.41, 5.74) is 12.1. The van der Waals surface area contributed by atoms with Gasteiger partial charge in [0.05, 0.1) is 11.4 Å². The molecule has 0 heterocycles. The number of carbonyl (C=O) groups is 1. The second-order valence-electron chi connectivity index (χ2n) is 2.67. The molecule has 0 saturated heterocycles. The Hall–Kier alpha value is -1.55. The number of rotatable bonds is 3. The third kappa shape index (κ3) is 2.76. The Bertz CT molecular complexity index is 299. The third-order valence-corrected chi connectivity index (χ3v) is 1.61. The smallest absolute Gasteiger partial charge is 0.225 e. The van der Waals surface area contributed by atoms with Crippen LogP contribution in [0.5, 0.6) is 0 Å². The van der Waals surface area contributed by atoms with Crippen LogP contribution >= 0.6 is 0 Å². The van der Waals surface area contributed by atoms with Crippen LogP contribution in [0.1, 0.15) is 6.42 Å². The van der Waals surface area contributed by atoms with Gasteiger partial charge in [-0.1, -0.05) is 12.1 Å². The highest BCUT2D eigenvalue weighted by molar-refractivity contribution is 5.93. The number of nitrogen functional groups attached to an aromatic ring is 1. The van der Waals surface area contributed by atoms with Crippen molar-refractivity contribution in [3.63, 3.8) is 0 Å². The number of para-hydroxylation sites is 2. The monoisotopic (exact) mass is 179 g/mol. The molecule has 1 aromatic rings. The summed E-state index contributed by atoms with van der Waals surface area (Å²) in [5, 5.41) is 2.67. The molecule has 1 rings (SSSR count). The van der Waals surface area contributed by atoms with E-state index in [4.69, 9.17) is 11.5 Å². The molecule has 0 aliphatic rings. The van der Waals surface area contributed by atoms with E-state index in [0.717, 1.165) is 0 Å². The van der Waals surface area contributed by atoms with Crippen molar-refractivity contribution in [2.75, 3.05) is 17.6 Å². The number of nitrogens with two attached hydrogens (primary N) is 2. The Morgan fingerprint density at radius 1 is 1.38 bits per heavy atom. The zero-order valence-electron chi connectivity index (χ0n) is 7.29. The van der Waals surface area contributed by atoms with Gasteiger partial charge in [0, 0.05) is 13.0 Å². The fraction of sp³-hybridized carbons (Fsp3) is 0.222. The normalized spacial score (nSPS) is 9.62. The Balaban J connectivity index is 2.63. The molecule has 70 valence electrons. The molecule has 5 N–H and O–H groups in total.